The molecular weight excluding hydrogens is 379 g/mol. The average Bonchev–Trinajstić information content (AvgIpc) is 2.68. The topological polar surface area (TPSA) is 107 Å². The Morgan fingerprint density at radius 3 is 2.69 bits per heavy atom. The van der Waals surface area contributed by atoms with Crippen molar-refractivity contribution in [2.45, 2.75) is 13.3 Å². The molecule has 3 aromatic rings. The quantitative estimate of drug-likeness (QED) is 0.509. The molecule has 0 spiro atoms. The highest BCUT2D eigenvalue weighted by Gasteiger charge is 2.19. The maximum Gasteiger partial charge on any atom is 0.294 e. The summed E-state index contributed by atoms with van der Waals surface area (Å²) in [6.45, 7) is 1.74. The summed E-state index contributed by atoms with van der Waals surface area (Å²) in [5, 5.41) is 17.9. The van der Waals surface area contributed by atoms with Crippen molar-refractivity contribution >= 4 is 11.6 Å². The number of nitrogens with zero attached hydrogens (tertiary/aromatic N) is 3. The number of para-hydroxylation sites is 2. The van der Waals surface area contributed by atoms with Gasteiger partial charge in [0.05, 0.1) is 4.92 Å². The van der Waals surface area contributed by atoms with Crippen molar-refractivity contribution in [1.29, 1.82) is 0 Å². The van der Waals surface area contributed by atoms with Crippen molar-refractivity contribution in [2.24, 2.45) is 0 Å². The Morgan fingerprint density at radius 1 is 1.21 bits per heavy atom. The molecule has 0 aliphatic heterocycles. The molecule has 0 radical (unpaired) electrons. The summed E-state index contributed by atoms with van der Waals surface area (Å²) in [6.07, 6.45) is 0.369. The summed E-state index contributed by atoms with van der Waals surface area (Å²) < 4.78 is 14.4. The molecule has 0 aliphatic carbocycles. The second-order valence-electron chi connectivity index (χ2n) is 6.29. The van der Waals surface area contributed by atoms with Gasteiger partial charge in [-0.15, -0.1) is 0 Å². The number of halogens is 1. The van der Waals surface area contributed by atoms with Crippen LogP contribution in [-0.2, 0) is 6.42 Å². The van der Waals surface area contributed by atoms with E-state index in [4.69, 9.17) is 0 Å². The molecule has 1 aromatic heterocycles. The summed E-state index contributed by atoms with van der Waals surface area (Å²) in [7, 11) is 0. The lowest BCUT2D eigenvalue weighted by Crippen LogP contribution is -2.33. The lowest BCUT2D eigenvalue weighted by Gasteiger charge is -2.11. The Labute approximate surface area is 164 Å². The smallest absolute Gasteiger partial charge is 0.294 e. The van der Waals surface area contributed by atoms with Gasteiger partial charge in [-0.3, -0.25) is 19.7 Å². The van der Waals surface area contributed by atoms with Gasteiger partial charge in [0.25, 0.3) is 11.6 Å². The van der Waals surface area contributed by atoms with E-state index < -0.39 is 16.3 Å². The van der Waals surface area contributed by atoms with Crippen LogP contribution in [0.1, 0.15) is 21.7 Å². The molecule has 1 N–H and O–H groups in total. The summed E-state index contributed by atoms with van der Waals surface area (Å²) in [6, 6.07) is 13.1. The lowest BCUT2D eigenvalue weighted by atomic mass is 10.1. The molecule has 0 bridgehead atoms. The second-order valence-corrected chi connectivity index (χ2v) is 6.29. The number of nitro benzene ring substituents is 1. The van der Waals surface area contributed by atoms with E-state index in [1.165, 1.54) is 41.1 Å². The van der Waals surface area contributed by atoms with Gasteiger partial charge in [0, 0.05) is 24.4 Å². The zero-order valence-corrected chi connectivity index (χ0v) is 15.5. The summed E-state index contributed by atoms with van der Waals surface area (Å²) in [5.74, 6) is -1.08. The number of hydrogen-bond donors (Lipinski definition) is 1. The van der Waals surface area contributed by atoms with Gasteiger partial charge in [-0.2, -0.15) is 5.10 Å². The molecule has 0 unspecified atom stereocenters. The van der Waals surface area contributed by atoms with E-state index in [1.54, 1.807) is 25.1 Å². The Balaban J connectivity index is 1.85. The number of nitrogens with one attached hydrogen (secondary N) is 1. The van der Waals surface area contributed by atoms with Gasteiger partial charge < -0.3 is 5.32 Å². The third-order valence-electron chi connectivity index (χ3n) is 4.22. The zero-order valence-electron chi connectivity index (χ0n) is 15.5. The van der Waals surface area contributed by atoms with Crippen LogP contribution in [0.2, 0.25) is 0 Å². The fourth-order valence-electron chi connectivity index (χ4n) is 2.84. The van der Waals surface area contributed by atoms with E-state index in [2.05, 4.69) is 10.4 Å². The number of hydrogen-bond acceptors (Lipinski definition) is 5. The maximum absolute atomic E-state index is 13.2. The number of carbonyl (C=O) groups is 1. The van der Waals surface area contributed by atoms with Gasteiger partial charge in [0.2, 0.25) is 5.43 Å². The van der Waals surface area contributed by atoms with Gasteiger partial charge in [0.1, 0.15) is 11.5 Å². The first-order valence-corrected chi connectivity index (χ1v) is 8.74. The van der Waals surface area contributed by atoms with E-state index in [0.29, 0.717) is 17.7 Å². The molecule has 0 atom stereocenters. The van der Waals surface area contributed by atoms with Crippen molar-refractivity contribution in [3.63, 3.8) is 0 Å². The molecule has 0 aliphatic rings. The van der Waals surface area contributed by atoms with E-state index >= 15 is 0 Å². The van der Waals surface area contributed by atoms with Crippen molar-refractivity contribution in [3.8, 4) is 5.69 Å². The number of aromatic nitrogens is 2. The molecular formula is C20H17FN4O4. The van der Waals surface area contributed by atoms with E-state index in [-0.39, 0.29) is 29.4 Å². The summed E-state index contributed by atoms with van der Waals surface area (Å²) >= 11 is 0. The summed E-state index contributed by atoms with van der Waals surface area (Å²) in [4.78, 5) is 35.4. The first kappa shape index (κ1) is 19.9. The van der Waals surface area contributed by atoms with Gasteiger partial charge in [-0.1, -0.05) is 24.3 Å². The molecule has 0 saturated carbocycles. The molecule has 29 heavy (non-hydrogen) atoms. The molecule has 148 valence electrons. The number of carbonyl (C=O) groups excluding carboxylic acids is 1. The monoisotopic (exact) mass is 396 g/mol. The van der Waals surface area contributed by atoms with Gasteiger partial charge >= 0.3 is 0 Å². The third kappa shape index (κ3) is 4.52. The molecule has 1 heterocycles. The standard InChI is InChI=1S/C20H17FN4O4/c1-13-11-18(26)19(20(27)22-10-9-14-5-4-6-15(21)12-14)23-24(13)16-7-2-3-8-17(16)25(28)29/h2-8,11-12H,9-10H2,1H3,(H,22,27). The van der Waals surface area contributed by atoms with E-state index in [0.717, 1.165) is 0 Å². The molecule has 0 fully saturated rings. The molecule has 2 aromatic carbocycles. The minimum atomic E-state index is -0.710. The highest BCUT2D eigenvalue weighted by atomic mass is 19.1. The van der Waals surface area contributed by atoms with Gasteiger partial charge in [0.15, 0.2) is 5.69 Å². The van der Waals surface area contributed by atoms with Crippen molar-refractivity contribution in [2.75, 3.05) is 6.54 Å². The predicted octanol–water partition coefficient (Wildman–Crippen LogP) is 2.56. The fourth-order valence-corrected chi connectivity index (χ4v) is 2.84. The number of amides is 1. The molecule has 9 heteroatoms. The first-order chi connectivity index (χ1) is 13.9. The van der Waals surface area contributed by atoms with Crippen LogP contribution in [0.4, 0.5) is 10.1 Å². The Morgan fingerprint density at radius 2 is 1.97 bits per heavy atom. The second kappa shape index (κ2) is 8.42. The number of aryl methyl sites for hydroxylation is 1. The van der Waals surface area contributed by atoms with Crippen LogP contribution in [0.3, 0.4) is 0 Å². The third-order valence-corrected chi connectivity index (χ3v) is 4.22. The van der Waals surface area contributed by atoms with Gasteiger partial charge in [-0.25, -0.2) is 9.07 Å². The van der Waals surface area contributed by atoms with Crippen LogP contribution in [0.5, 0.6) is 0 Å². The van der Waals surface area contributed by atoms with Crippen LogP contribution in [-0.4, -0.2) is 27.2 Å². The first-order valence-electron chi connectivity index (χ1n) is 8.74. The van der Waals surface area contributed by atoms with Crippen LogP contribution in [0.25, 0.3) is 5.69 Å². The highest BCUT2D eigenvalue weighted by Crippen LogP contribution is 2.22. The SMILES string of the molecule is Cc1cc(=O)c(C(=O)NCCc2cccc(F)c2)nn1-c1ccccc1[N+](=O)[O-]. The minimum Gasteiger partial charge on any atom is -0.350 e. The summed E-state index contributed by atoms with van der Waals surface area (Å²) in [5.41, 5.74) is 0.00158. The highest BCUT2D eigenvalue weighted by molar-refractivity contribution is 5.92. The number of benzene rings is 2. The van der Waals surface area contributed by atoms with Gasteiger partial charge in [-0.05, 0) is 37.1 Å². The Bertz CT molecular complexity index is 1140. The Kier molecular flexibility index (Phi) is 5.77. The number of rotatable bonds is 6. The fraction of sp³-hybridized carbons (Fsp3) is 0.150. The largest absolute Gasteiger partial charge is 0.350 e. The zero-order chi connectivity index (χ0) is 21.0. The van der Waals surface area contributed by atoms with Crippen LogP contribution in [0, 0.1) is 22.9 Å². The lowest BCUT2D eigenvalue weighted by molar-refractivity contribution is -0.384. The van der Waals surface area contributed by atoms with E-state index in [9.17, 15) is 24.1 Å². The Hall–Kier alpha value is -3.88. The van der Waals surface area contributed by atoms with Crippen LogP contribution in [0.15, 0.2) is 59.4 Å². The average molecular weight is 396 g/mol. The van der Waals surface area contributed by atoms with Crippen molar-refractivity contribution in [3.05, 3.63) is 97.7 Å². The number of nitro groups is 1. The predicted molar refractivity (Wildman–Crippen MR) is 104 cm³/mol. The molecule has 0 saturated heterocycles. The normalized spacial score (nSPS) is 10.6. The minimum absolute atomic E-state index is 0.142. The van der Waals surface area contributed by atoms with Crippen molar-refractivity contribution < 1.29 is 14.1 Å². The van der Waals surface area contributed by atoms with Crippen molar-refractivity contribution in [1.82, 2.24) is 15.1 Å². The van der Waals surface area contributed by atoms with Crippen LogP contribution >= 0.6 is 0 Å². The molecule has 8 nitrogen and oxygen atoms in total. The molecule has 3 rings (SSSR count). The molecule has 1 amide bonds. The van der Waals surface area contributed by atoms with E-state index in [1.807, 2.05) is 0 Å². The maximum atomic E-state index is 13.2. The van der Waals surface area contributed by atoms with Crippen LogP contribution < -0.4 is 10.7 Å².